The average molecular weight is 251 g/mol. The molecule has 0 aromatic heterocycles. The highest BCUT2D eigenvalue weighted by molar-refractivity contribution is 5.29. The quantitative estimate of drug-likeness (QED) is 0.893. The zero-order valence-electron chi connectivity index (χ0n) is 11.2. The van der Waals surface area contributed by atoms with Crippen LogP contribution in [-0.4, -0.2) is 29.6 Å². The monoisotopic (exact) mass is 251 g/mol. The molecule has 0 saturated carbocycles. The molecule has 1 fully saturated rings. The molecule has 1 N–H and O–H groups in total. The summed E-state index contributed by atoms with van der Waals surface area (Å²) in [5.74, 6) is -0.285. The zero-order valence-corrected chi connectivity index (χ0v) is 11.2. The van der Waals surface area contributed by atoms with Crippen molar-refractivity contribution < 1.29 is 9.50 Å². The van der Waals surface area contributed by atoms with E-state index in [1.54, 1.807) is 12.1 Å². The van der Waals surface area contributed by atoms with Crippen LogP contribution < -0.4 is 0 Å². The Labute approximate surface area is 108 Å². The van der Waals surface area contributed by atoms with Gasteiger partial charge in [0, 0.05) is 18.7 Å². The van der Waals surface area contributed by atoms with Crippen molar-refractivity contribution in [3.63, 3.8) is 0 Å². The Morgan fingerprint density at radius 1 is 1.33 bits per heavy atom. The lowest BCUT2D eigenvalue weighted by atomic mass is 9.83. The highest BCUT2D eigenvalue weighted by Crippen LogP contribution is 2.34. The van der Waals surface area contributed by atoms with Gasteiger partial charge < -0.3 is 10.0 Å². The topological polar surface area (TPSA) is 23.5 Å². The summed E-state index contributed by atoms with van der Waals surface area (Å²) in [4.78, 5) is 2.34. The van der Waals surface area contributed by atoms with E-state index < -0.39 is 5.60 Å². The minimum Gasteiger partial charge on any atom is -0.385 e. The van der Waals surface area contributed by atoms with E-state index in [1.807, 2.05) is 6.92 Å². The summed E-state index contributed by atoms with van der Waals surface area (Å²) in [7, 11) is 0. The standard InChI is InChI=1S/C15H22FNO/c1-3-8-17-9-6-15(18,7-10-17)13-11-12(2)4-5-14(13)16/h4-5,11,18H,3,6-10H2,1-2H3. The maximum Gasteiger partial charge on any atom is 0.129 e. The van der Waals surface area contributed by atoms with Gasteiger partial charge in [0.15, 0.2) is 0 Å². The van der Waals surface area contributed by atoms with E-state index >= 15 is 0 Å². The first-order chi connectivity index (χ1) is 8.55. The molecular weight excluding hydrogens is 229 g/mol. The van der Waals surface area contributed by atoms with Gasteiger partial charge in [0.05, 0.1) is 5.60 Å². The van der Waals surface area contributed by atoms with Crippen LogP contribution in [-0.2, 0) is 5.60 Å². The Kier molecular flexibility index (Phi) is 4.03. The van der Waals surface area contributed by atoms with Crippen molar-refractivity contribution in [2.45, 2.75) is 38.7 Å². The van der Waals surface area contributed by atoms with E-state index in [0.717, 1.165) is 31.6 Å². The SMILES string of the molecule is CCCN1CCC(O)(c2cc(C)ccc2F)CC1. The lowest BCUT2D eigenvalue weighted by Crippen LogP contribution is -2.43. The third-order valence-electron chi connectivity index (χ3n) is 3.85. The van der Waals surface area contributed by atoms with Crippen molar-refractivity contribution in [3.8, 4) is 0 Å². The lowest BCUT2D eigenvalue weighted by Gasteiger charge is -2.38. The number of rotatable bonds is 3. The Morgan fingerprint density at radius 2 is 2.00 bits per heavy atom. The van der Waals surface area contributed by atoms with E-state index in [-0.39, 0.29) is 5.82 Å². The summed E-state index contributed by atoms with van der Waals surface area (Å²) >= 11 is 0. The van der Waals surface area contributed by atoms with E-state index in [4.69, 9.17) is 0 Å². The van der Waals surface area contributed by atoms with Crippen LogP contribution in [0.25, 0.3) is 0 Å². The molecule has 1 aromatic carbocycles. The minimum atomic E-state index is -0.986. The molecular formula is C15H22FNO. The van der Waals surface area contributed by atoms with Crippen LogP contribution in [0, 0.1) is 12.7 Å². The molecule has 0 unspecified atom stereocenters. The van der Waals surface area contributed by atoms with Gasteiger partial charge in [0.25, 0.3) is 0 Å². The molecule has 0 atom stereocenters. The number of aliphatic hydroxyl groups is 1. The number of nitrogens with zero attached hydrogens (tertiary/aromatic N) is 1. The lowest BCUT2D eigenvalue weighted by molar-refractivity contribution is -0.0283. The number of halogens is 1. The van der Waals surface area contributed by atoms with E-state index in [2.05, 4.69) is 11.8 Å². The molecule has 1 aliphatic heterocycles. The van der Waals surface area contributed by atoms with Gasteiger partial charge in [-0.25, -0.2) is 4.39 Å². The molecule has 2 rings (SSSR count). The number of aryl methyl sites for hydroxylation is 1. The average Bonchev–Trinajstić information content (AvgIpc) is 2.36. The fourth-order valence-electron chi connectivity index (χ4n) is 2.73. The molecule has 1 aliphatic rings. The maximum absolute atomic E-state index is 13.9. The zero-order chi connectivity index (χ0) is 13.2. The highest BCUT2D eigenvalue weighted by atomic mass is 19.1. The van der Waals surface area contributed by atoms with Crippen molar-refractivity contribution >= 4 is 0 Å². The van der Waals surface area contributed by atoms with Crippen LogP contribution in [0.4, 0.5) is 4.39 Å². The molecule has 18 heavy (non-hydrogen) atoms. The van der Waals surface area contributed by atoms with Crippen molar-refractivity contribution in [2.24, 2.45) is 0 Å². The number of benzene rings is 1. The molecule has 2 nitrogen and oxygen atoms in total. The fraction of sp³-hybridized carbons (Fsp3) is 0.600. The Hall–Kier alpha value is -0.930. The van der Waals surface area contributed by atoms with Crippen LogP contribution in [0.5, 0.6) is 0 Å². The molecule has 1 saturated heterocycles. The van der Waals surface area contributed by atoms with Crippen LogP contribution in [0.2, 0.25) is 0 Å². The summed E-state index contributed by atoms with van der Waals surface area (Å²) in [6.07, 6.45) is 2.36. The van der Waals surface area contributed by atoms with Crippen molar-refractivity contribution in [3.05, 3.63) is 35.1 Å². The van der Waals surface area contributed by atoms with Gasteiger partial charge in [-0.1, -0.05) is 24.6 Å². The third kappa shape index (κ3) is 2.73. The largest absolute Gasteiger partial charge is 0.385 e. The summed E-state index contributed by atoms with van der Waals surface area (Å²) in [6.45, 7) is 6.83. The molecule has 1 aromatic rings. The summed E-state index contributed by atoms with van der Waals surface area (Å²) in [5.41, 5.74) is 0.481. The molecule has 3 heteroatoms. The van der Waals surface area contributed by atoms with E-state index in [1.165, 1.54) is 6.07 Å². The van der Waals surface area contributed by atoms with E-state index in [9.17, 15) is 9.50 Å². The smallest absolute Gasteiger partial charge is 0.129 e. The maximum atomic E-state index is 13.9. The van der Waals surface area contributed by atoms with Crippen LogP contribution in [0.1, 0.15) is 37.3 Å². The molecule has 0 aliphatic carbocycles. The fourth-order valence-corrected chi connectivity index (χ4v) is 2.73. The van der Waals surface area contributed by atoms with Crippen molar-refractivity contribution in [1.82, 2.24) is 4.90 Å². The molecule has 0 radical (unpaired) electrons. The number of likely N-dealkylation sites (tertiary alicyclic amines) is 1. The van der Waals surface area contributed by atoms with Crippen LogP contribution in [0.15, 0.2) is 18.2 Å². The predicted octanol–water partition coefficient (Wildman–Crippen LogP) is 2.83. The van der Waals surface area contributed by atoms with Gasteiger partial charge in [-0.2, -0.15) is 0 Å². The van der Waals surface area contributed by atoms with Gasteiger partial charge in [0.1, 0.15) is 5.82 Å². The Bertz CT molecular complexity index is 411. The highest BCUT2D eigenvalue weighted by Gasteiger charge is 2.35. The first kappa shape index (κ1) is 13.5. The van der Waals surface area contributed by atoms with Gasteiger partial charge in [-0.15, -0.1) is 0 Å². The first-order valence-electron chi connectivity index (χ1n) is 6.76. The van der Waals surface area contributed by atoms with Gasteiger partial charge in [-0.3, -0.25) is 0 Å². The van der Waals surface area contributed by atoms with Gasteiger partial charge >= 0.3 is 0 Å². The van der Waals surface area contributed by atoms with Crippen molar-refractivity contribution in [2.75, 3.05) is 19.6 Å². The molecule has 100 valence electrons. The number of hydrogen-bond donors (Lipinski definition) is 1. The number of hydrogen-bond acceptors (Lipinski definition) is 2. The van der Waals surface area contributed by atoms with Gasteiger partial charge in [0.2, 0.25) is 0 Å². The molecule has 0 spiro atoms. The second-order valence-corrected chi connectivity index (χ2v) is 5.36. The normalized spacial score (nSPS) is 20.0. The molecule has 0 bridgehead atoms. The molecule has 1 heterocycles. The van der Waals surface area contributed by atoms with Crippen LogP contribution >= 0.6 is 0 Å². The van der Waals surface area contributed by atoms with E-state index in [0.29, 0.717) is 18.4 Å². The minimum absolute atomic E-state index is 0.285. The summed E-state index contributed by atoms with van der Waals surface area (Å²) in [5, 5.41) is 10.7. The van der Waals surface area contributed by atoms with Crippen molar-refractivity contribution in [1.29, 1.82) is 0 Å². The number of piperidine rings is 1. The molecule has 0 amide bonds. The summed E-state index contributed by atoms with van der Waals surface area (Å²) in [6, 6.07) is 4.99. The first-order valence-corrected chi connectivity index (χ1v) is 6.76. The van der Waals surface area contributed by atoms with Crippen LogP contribution in [0.3, 0.4) is 0 Å². The predicted molar refractivity (Wildman–Crippen MR) is 71.0 cm³/mol. The second-order valence-electron chi connectivity index (χ2n) is 5.36. The second kappa shape index (κ2) is 5.37. The third-order valence-corrected chi connectivity index (χ3v) is 3.85. The Morgan fingerprint density at radius 3 is 2.61 bits per heavy atom. The summed E-state index contributed by atoms with van der Waals surface area (Å²) < 4.78 is 13.9. The van der Waals surface area contributed by atoms with Gasteiger partial charge in [-0.05, 0) is 38.8 Å². The Balaban J connectivity index is 2.15.